The van der Waals surface area contributed by atoms with E-state index in [1.165, 1.54) is 12.8 Å². The van der Waals surface area contributed by atoms with E-state index in [4.69, 9.17) is 9.47 Å². The van der Waals surface area contributed by atoms with Crippen LogP contribution in [0.25, 0.3) is 0 Å². The van der Waals surface area contributed by atoms with E-state index in [9.17, 15) is 0 Å². The van der Waals surface area contributed by atoms with E-state index in [0.717, 1.165) is 62.5 Å². The Hall–Kier alpha value is -1.86. The highest BCUT2D eigenvalue weighted by Gasteiger charge is 2.23. The summed E-state index contributed by atoms with van der Waals surface area (Å²) in [5, 5.41) is 6.67. The number of rotatable bonds is 9. The Kier molecular flexibility index (Phi) is 7.91. The van der Waals surface area contributed by atoms with Crippen LogP contribution in [0.2, 0.25) is 0 Å². The summed E-state index contributed by atoms with van der Waals surface area (Å²) in [6, 6.07) is 4.22. The van der Waals surface area contributed by atoms with Gasteiger partial charge in [0, 0.05) is 52.6 Å². The van der Waals surface area contributed by atoms with Gasteiger partial charge in [-0.1, -0.05) is 6.07 Å². The average molecular weight is 390 g/mol. The lowest BCUT2D eigenvalue weighted by Crippen LogP contribution is -2.45. The molecule has 2 aliphatic rings. The number of guanidine groups is 1. The zero-order valence-electron chi connectivity index (χ0n) is 17.5. The molecule has 28 heavy (non-hydrogen) atoms. The zero-order valence-corrected chi connectivity index (χ0v) is 17.5. The van der Waals surface area contributed by atoms with Crippen molar-refractivity contribution in [3.63, 3.8) is 0 Å². The summed E-state index contributed by atoms with van der Waals surface area (Å²) in [5.41, 5.74) is 1.13. The number of pyridine rings is 1. The van der Waals surface area contributed by atoms with Crippen molar-refractivity contribution in [3.05, 3.63) is 23.9 Å². The normalized spacial score (nSPS) is 23.0. The number of aromatic nitrogens is 1. The molecule has 2 fully saturated rings. The van der Waals surface area contributed by atoms with Crippen LogP contribution in [0.5, 0.6) is 0 Å². The molecule has 7 nitrogen and oxygen atoms in total. The Balaban J connectivity index is 1.35. The van der Waals surface area contributed by atoms with Crippen LogP contribution in [0.3, 0.4) is 0 Å². The Labute approximate surface area is 168 Å². The van der Waals surface area contributed by atoms with Crippen molar-refractivity contribution in [2.75, 3.05) is 44.8 Å². The highest BCUT2D eigenvalue weighted by molar-refractivity contribution is 5.79. The number of aliphatic imine (C=N–C) groups is 1. The number of hydrogen-bond acceptors (Lipinski definition) is 5. The molecule has 1 saturated heterocycles. The molecule has 0 aromatic carbocycles. The first-order valence-corrected chi connectivity index (χ1v) is 10.5. The minimum absolute atomic E-state index is 0.236. The third-order valence-corrected chi connectivity index (χ3v) is 5.04. The summed E-state index contributed by atoms with van der Waals surface area (Å²) >= 11 is 0. The van der Waals surface area contributed by atoms with Gasteiger partial charge in [-0.3, -0.25) is 4.99 Å². The summed E-state index contributed by atoms with van der Waals surface area (Å²) in [7, 11) is 1.79. The lowest BCUT2D eigenvalue weighted by Gasteiger charge is -2.36. The third kappa shape index (κ3) is 6.95. The highest BCUT2D eigenvalue weighted by atomic mass is 16.5. The minimum Gasteiger partial charge on any atom is -0.381 e. The Morgan fingerprint density at radius 2 is 2.04 bits per heavy atom. The molecule has 3 rings (SSSR count). The Morgan fingerprint density at radius 1 is 1.25 bits per heavy atom. The largest absolute Gasteiger partial charge is 0.381 e. The summed E-state index contributed by atoms with van der Waals surface area (Å²) in [6.45, 7) is 9.28. The molecule has 2 N–H and O–H groups in total. The van der Waals surface area contributed by atoms with Gasteiger partial charge in [-0.15, -0.1) is 0 Å². The van der Waals surface area contributed by atoms with Crippen molar-refractivity contribution in [2.24, 2.45) is 10.9 Å². The number of ether oxygens (including phenoxy) is 2. The van der Waals surface area contributed by atoms with Crippen molar-refractivity contribution in [1.82, 2.24) is 15.6 Å². The molecule has 0 spiro atoms. The maximum Gasteiger partial charge on any atom is 0.191 e. The van der Waals surface area contributed by atoms with Crippen molar-refractivity contribution in [1.29, 1.82) is 0 Å². The van der Waals surface area contributed by atoms with Crippen molar-refractivity contribution in [2.45, 2.75) is 51.9 Å². The number of anilines is 1. The van der Waals surface area contributed by atoms with Gasteiger partial charge in [-0.2, -0.15) is 0 Å². The monoisotopic (exact) mass is 389 g/mol. The minimum atomic E-state index is 0.236. The molecule has 2 atom stereocenters. The van der Waals surface area contributed by atoms with E-state index in [-0.39, 0.29) is 12.2 Å². The Morgan fingerprint density at radius 3 is 2.68 bits per heavy atom. The molecule has 0 amide bonds. The lowest BCUT2D eigenvalue weighted by molar-refractivity contribution is -0.00545. The highest BCUT2D eigenvalue weighted by Crippen LogP contribution is 2.28. The molecule has 156 valence electrons. The van der Waals surface area contributed by atoms with Crippen LogP contribution in [0.15, 0.2) is 23.3 Å². The smallest absolute Gasteiger partial charge is 0.191 e. The quantitative estimate of drug-likeness (QED) is 0.383. The van der Waals surface area contributed by atoms with Crippen LogP contribution in [-0.4, -0.2) is 63.0 Å². The third-order valence-electron chi connectivity index (χ3n) is 5.04. The standard InChI is InChI=1S/C21H35N5O2/c1-16-13-26(14-17(2)28-16)20-8-7-19(11-24-20)12-25-21(22-3)23-9-4-10-27-15-18-5-6-18/h7-8,11,16-18H,4-6,9-10,12-15H2,1-3H3,(H2,22,23,25). The van der Waals surface area contributed by atoms with Gasteiger partial charge in [-0.05, 0) is 50.7 Å². The van der Waals surface area contributed by atoms with Gasteiger partial charge in [0.05, 0.1) is 12.2 Å². The van der Waals surface area contributed by atoms with Gasteiger partial charge in [0.25, 0.3) is 0 Å². The fraction of sp³-hybridized carbons (Fsp3) is 0.714. The van der Waals surface area contributed by atoms with Crippen LogP contribution in [-0.2, 0) is 16.0 Å². The maximum atomic E-state index is 5.80. The molecule has 0 radical (unpaired) electrons. The van der Waals surface area contributed by atoms with Gasteiger partial charge in [0.2, 0.25) is 0 Å². The first kappa shape index (κ1) is 20.9. The van der Waals surface area contributed by atoms with E-state index < -0.39 is 0 Å². The molecular formula is C21H35N5O2. The second-order valence-electron chi connectivity index (χ2n) is 7.91. The van der Waals surface area contributed by atoms with Gasteiger partial charge in [0.15, 0.2) is 5.96 Å². The van der Waals surface area contributed by atoms with Crippen LogP contribution in [0, 0.1) is 5.92 Å². The summed E-state index contributed by atoms with van der Waals surface area (Å²) in [6.07, 6.45) is 6.08. The van der Waals surface area contributed by atoms with E-state index in [2.05, 4.69) is 51.5 Å². The fourth-order valence-corrected chi connectivity index (χ4v) is 3.40. The number of nitrogens with one attached hydrogen (secondary N) is 2. The molecule has 1 aliphatic carbocycles. The summed E-state index contributed by atoms with van der Waals surface area (Å²) in [5.74, 6) is 2.65. The molecule has 1 aliphatic heterocycles. The van der Waals surface area contributed by atoms with Crippen molar-refractivity contribution < 1.29 is 9.47 Å². The van der Waals surface area contributed by atoms with Crippen LogP contribution in [0.4, 0.5) is 5.82 Å². The van der Waals surface area contributed by atoms with Crippen LogP contribution < -0.4 is 15.5 Å². The number of morpholine rings is 1. The van der Waals surface area contributed by atoms with E-state index in [1.54, 1.807) is 7.05 Å². The predicted molar refractivity (Wildman–Crippen MR) is 113 cm³/mol. The molecule has 2 unspecified atom stereocenters. The van der Waals surface area contributed by atoms with Gasteiger partial charge in [0.1, 0.15) is 5.82 Å². The maximum absolute atomic E-state index is 5.80. The number of hydrogen-bond donors (Lipinski definition) is 2. The molecule has 0 bridgehead atoms. The SMILES string of the molecule is CN=C(NCCCOCC1CC1)NCc1ccc(N2CC(C)OC(C)C2)nc1. The van der Waals surface area contributed by atoms with Gasteiger partial charge >= 0.3 is 0 Å². The van der Waals surface area contributed by atoms with Crippen molar-refractivity contribution >= 4 is 11.8 Å². The Bertz CT molecular complexity index is 608. The van der Waals surface area contributed by atoms with Gasteiger partial charge < -0.3 is 25.0 Å². The van der Waals surface area contributed by atoms with E-state index >= 15 is 0 Å². The first-order valence-electron chi connectivity index (χ1n) is 10.5. The molecule has 1 aromatic rings. The molecule has 1 aromatic heterocycles. The molecule has 2 heterocycles. The average Bonchev–Trinajstić information content (AvgIpc) is 3.51. The predicted octanol–water partition coefficient (Wildman–Crippen LogP) is 2.18. The lowest BCUT2D eigenvalue weighted by atomic mass is 10.2. The summed E-state index contributed by atoms with van der Waals surface area (Å²) in [4.78, 5) is 11.2. The second-order valence-corrected chi connectivity index (χ2v) is 7.91. The van der Waals surface area contributed by atoms with Crippen molar-refractivity contribution in [3.8, 4) is 0 Å². The summed E-state index contributed by atoms with van der Waals surface area (Å²) < 4.78 is 11.5. The van der Waals surface area contributed by atoms with E-state index in [0.29, 0.717) is 6.54 Å². The second kappa shape index (κ2) is 10.6. The van der Waals surface area contributed by atoms with E-state index in [1.807, 2.05) is 6.20 Å². The van der Waals surface area contributed by atoms with Crippen LogP contribution >= 0.6 is 0 Å². The molecular weight excluding hydrogens is 354 g/mol. The first-order chi connectivity index (χ1) is 13.6. The van der Waals surface area contributed by atoms with Crippen LogP contribution in [0.1, 0.15) is 38.7 Å². The molecule has 1 saturated carbocycles. The van der Waals surface area contributed by atoms with Gasteiger partial charge in [-0.25, -0.2) is 4.98 Å². The molecule has 7 heteroatoms. The number of nitrogens with zero attached hydrogens (tertiary/aromatic N) is 3. The fourth-order valence-electron chi connectivity index (χ4n) is 3.40. The zero-order chi connectivity index (χ0) is 19.8. The topological polar surface area (TPSA) is 71.0 Å².